The predicted octanol–water partition coefficient (Wildman–Crippen LogP) is 4.37. The molecule has 0 unspecified atom stereocenters. The van der Waals surface area contributed by atoms with E-state index in [2.05, 4.69) is 21.6 Å². The lowest BCUT2D eigenvalue weighted by Crippen LogP contribution is -2.00. The summed E-state index contributed by atoms with van der Waals surface area (Å²) in [6.07, 6.45) is 0. The van der Waals surface area contributed by atoms with Crippen molar-refractivity contribution in [2.75, 3.05) is 19.5 Å². The molecule has 0 spiro atoms. The number of aromatic amines is 2. The predicted molar refractivity (Wildman–Crippen MR) is 96.1 cm³/mol. The van der Waals surface area contributed by atoms with Crippen LogP contribution in [0, 0.1) is 5.82 Å². The van der Waals surface area contributed by atoms with E-state index in [0.29, 0.717) is 18.0 Å². The van der Waals surface area contributed by atoms with Gasteiger partial charge in [-0.05, 0) is 41.3 Å². The minimum Gasteiger partial charge on any atom is -0.493 e. The minimum atomic E-state index is -0.235. The number of nitrogens with one attached hydrogen (secondary N) is 3. The second kappa shape index (κ2) is 6.05. The van der Waals surface area contributed by atoms with Crippen molar-refractivity contribution in [1.29, 1.82) is 0 Å². The van der Waals surface area contributed by atoms with Crippen molar-refractivity contribution in [3.05, 3.63) is 53.8 Å². The highest BCUT2D eigenvalue weighted by atomic mass is 19.1. The Morgan fingerprint density at radius 3 is 2.56 bits per heavy atom. The smallest absolute Gasteiger partial charge is 0.161 e. The largest absolute Gasteiger partial charge is 0.493 e. The first kappa shape index (κ1) is 15.4. The number of hydrogen-bond donors (Lipinski definition) is 3. The van der Waals surface area contributed by atoms with E-state index >= 15 is 0 Å². The average molecular weight is 339 g/mol. The van der Waals surface area contributed by atoms with Crippen molar-refractivity contribution in [1.82, 2.24) is 10.2 Å². The lowest BCUT2D eigenvalue weighted by Gasteiger charge is -2.07. The highest BCUT2D eigenvalue weighted by Crippen LogP contribution is 2.42. The molecule has 0 radical (unpaired) electrons. The molecule has 4 rings (SSSR count). The summed E-state index contributed by atoms with van der Waals surface area (Å²) in [5.74, 6) is 2.00. The molecule has 0 bridgehead atoms. The molecular formula is C19H18FN3O2. The molecule has 0 aromatic heterocycles. The van der Waals surface area contributed by atoms with Crippen LogP contribution in [-0.4, -0.2) is 24.4 Å². The Morgan fingerprint density at radius 1 is 1.00 bits per heavy atom. The van der Waals surface area contributed by atoms with Gasteiger partial charge < -0.3 is 14.8 Å². The van der Waals surface area contributed by atoms with Crippen LogP contribution in [0.3, 0.4) is 0 Å². The van der Waals surface area contributed by atoms with Crippen molar-refractivity contribution < 1.29 is 13.9 Å². The van der Waals surface area contributed by atoms with E-state index in [1.54, 1.807) is 20.3 Å². The Balaban J connectivity index is 1.67. The molecular weight excluding hydrogens is 321 g/mol. The number of aromatic nitrogens is 2. The molecule has 0 fully saturated rings. The van der Waals surface area contributed by atoms with E-state index in [4.69, 9.17) is 9.47 Å². The first-order chi connectivity index (χ1) is 12.2. The number of halogens is 1. The highest BCUT2D eigenvalue weighted by molar-refractivity contribution is 6.05. The molecule has 1 aliphatic carbocycles. The zero-order chi connectivity index (χ0) is 17.4. The first-order valence-electron chi connectivity index (χ1n) is 7.92. The van der Waals surface area contributed by atoms with Crippen molar-refractivity contribution >= 4 is 16.6 Å². The van der Waals surface area contributed by atoms with Gasteiger partial charge in [0.15, 0.2) is 11.5 Å². The van der Waals surface area contributed by atoms with Gasteiger partial charge in [0.25, 0.3) is 0 Å². The summed E-state index contributed by atoms with van der Waals surface area (Å²) in [5.41, 5.74) is 2.89. The van der Waals surface area contributed by atoms with Crippen LogP contribution in [0.4, 0.5) is 10.2 Å². The van der Waals surface area contributed by atoms with E-state index < -0.39 is 0 Å². The maximum Gasteiger partial charge on any atom is 0.161 e. The number of benzene rings is 2. The highest BCUT2D eigenvalue weighted by Gasteiger charge is 2.19. The zero-order valence-electron chi connectivity index (χ0n) is 13.9. The Labute approximate surface area is 144 Å². The monoisotopic (exact) mass is 339 g/mol. The number of rotatable bonds is 5. The summed E-state index contributed by atoms with van der Waals surface area (Å²) in [4.78, 5) is 0. The summed E-state index contributed by atoms with van der Waals surface area (Å²) < 4.78 is 24.1. The summed E-state index contributed by atoms with van der Waals surface area (Å²) in [6.45, 7) is 0.523. The molecule has 1 heterocycles. The number of H-pyrrole nitrogens is 2. The van der Waals surface area contributed by atoms with Crippen LogP contribution in [0.15, 0.2) is 42.5 Å². The summed E-state index contributed by atoms with van der Waals surface area (Å²) in [6, 6.07) is 12.5. The third-order valence-electron chi connectivity index (χ3n) is 4.33. The van der Waals surface area contributed by atoms with Crippen molar-refractivity contribution in [3.63, 3.8) is 0 Å². The van der Waals surface area contributed by atoms with Gasteiger partial charge in [-0.25, -0.2) is 4.39 Å². The van der Waals surface area contributed by atoms with Crippen molar-refractivity contribution in [2.45, 2.75) is 6.54 Å². The van der Waals surface area contributed by atoms with Crippen LogP contribution < -0.4 is 14.8 Å². The zero-order valence-corrected chi connectivity index (χ0v) is 13.9. The van der Waals surface area contributed by atoms with Crippen LogP contribution in [0.2, 0.25) is 0 Å². The van der Waals surface area contributed by atoms with Gasteiger partial charge in [0.05, 0.1) is 19.9 Å². The Bertz CT molecular complexity index is 1010. The van der Waals surface area contributed by atoms with Crippen LogP contribution in [-0.2, 0) is 6.54 Å². The maximum absolute atomic E-state index is 13.3. The topological polar surface area (TPSA) is 62.1 Å². The fourth-order valence-corrected chi connectivity index (χ4v) is 3.10. The summed E-state index contributed by atoms with van der Waals surface area (Å²) in [5, 5.41) is 11.7. The minimum absolute atomic E-state index is 0.235. The molecule has 2 aliphatic rings. The van der Waals surface area contributed by atoms with Crippen LogP contribution in [0.1, 0.15) is 5.56 Å². The van der Waals surface area contributed by atoms with Gasteiger partial charge in [0.1, 0.15) is 11.6 Å². The van der Waals surface area contributed by atoms with Crippen LogP contribution in [0.5, 0.6) is 11.5 Å². The van der Waals surface area contributed by atoms with Gasteiger partial charge in [0.2, 0.25) is 0 Å². The SMILES string of the molecule is COc1cc2cc3c(NCc4cccc(F)c4)[nH][nH]c-3c2cc1OC. The van der Waals surface area contributed by atoms with Gasteiger partial charge in [-0.1, -0.05) is 12.1 Å². The number of anilines is 1. The second-order valence-corrected chi connectivity index (χ2v) is 5.84. The normalized spacial score (nSPS) is 11.2. The molecule has 25 heavy (non-hydrogen) atoms. The summed E-state index contributed by atoms with van der Waals surface area (Å²) >= 11 is 0. The van der Waals surface area contributed by atoms with E-state index in [1.807, 2.05) is 18.2 Å². The lowest BCUT2D eigenvalue weighted by atomic mass is 10.2. The quantitative estimate of drug-likeness (QED) is 0.506. The number of ether oxygens (including phenoxy) is 2. The Kier molecular flexibility index (Phi) is 3.72. The molecule has 0 saturated carbocycles. The van der Waals surface area contributed by atoms with Crippen LogP contribution >= 0.6 is 0 Å². The molecule has 128 valence electrons. The fraction of sp³-hybridized carbons (Fsp3) is 0.158. The molecule has 5 nitrogen and oxygen atoms in total. The number of hydrogen-bond acceptors (Lipinski definition) is 3. The first-order valence-corrected chi connectivity index (χ1v) is 7.92. The number of fused-ring (bicyclic) bond motifs is 3. The molecule has 2 aromatic carbocycles. The molecule has 0 amide bonds. The second-order valence-electron chi connectivity index (χ2n) is 5.84. The van der Waals surface area contributed by atoms with Crippen molar-refractivity contribution in [2.24, 2.45) is 0 Å². The summed E-state index contributed by atoms with van der Waals surface area (Å²) in [7, 11) is 3.24. The molecule has 0 atom stereocenters. The molecule has 6 heteroatoms. The Morgan fingerprint density at radius 2 is 1.80 bits per heavy atom. The molecule has 3 N–H and O–H groups in total. The van der Waals surface area contributed by atoms with Gasteiger partial charge in [0, 0.05) is 17.5 Å². The maximum atomic E-state index is 13.3. The van der Waals surface area contributed by atoms with E-state index in [9.17, 15) is 4.39 Å². The standard InChI is InChI=1S/C19H18FN3O2/c1-24-16-8-12-7-15-18(14(12)9-17(16)25-2)22-23-19(15)21-10-11-4-3-5-13(20)6-11/h3-9,21-23H,10H2,1-2H3. The van der Waals surface area contributed by atoms with Crippen molar-refractivity contribution in [3.8, 4) is 22.8 Å². The third-order valence-corrected chi connectivity index (χ3v) is 4.33. The van der Waals surface area contributed by atoms with Gasteiger partial charge in [-0.2, -0.15) is 0 Å². The van der Waals surface area contributed by atoms with E-state index in [-0.39, 0.29) is 5.82 Å². The molecule has 0 saturated heterocycles. The van der Waals surface area contributed by atoms with Gasteiger partial charge in [-0.15, -0.1) is 0 Å². The van der Waals surface area contributed by atoms with Gasteiger partial charge >= 0.3 is 0 Å². The van der Waals surface area contributed by atoms with E-state index in [1.165, 1.54) is 12.1 Å². The number of methoxy groups -OCH3 is 2. The third kappa shape index (κ3) is 2.65. The molecule has 2 aromatic rings. The lowest BCUT2D eigenvalue weighted by molar-refractivity contribution is 0.356. The Hall–Kier alpha value is -3.15. The van der Waals surface area contributed by atoms with E-state index in [0.717, 1.165) is 33.4 Å². The van der Waals surface area contributed by atoms with Crippen LogP contribution in [0.25, 0.3) is 22.0 Å². The van der Waals surface area contributed by atoms with Gasteiger partial charge in [-0.3, -0.25) is 10.2 Å². The average Bonchev–Trinajstić information content (AvgIpc) is 3.17. The fourth-order valence-electron chi connectivity index (χ4n) is 3.10. The molecule has 1 aliphatic heterocycles.